The second-order valence-electron chi connectivity index (χ2n) is 4.55. The van der Waals surface area contributed by atoms with Gasteiger partial charge in [0.25, 0.3) is 5.91 Å². The van der Waals surface area contributed by atoms with Gasteiger partial charge in [0.05, 0.1) is 24.3 Å². The number of nitriles is 1. The molecule has 6 heteroatoms. The van der Waals surface area contributed by atoms with E-state index in [4.69, 9.17) is 14.7 Å². The quantitative estimate of drug-likeness (QED) is 0.856. The van der Waals surface area contributed by atoms with E-state index in [1.54, 1.807) is 42.5 Å². The third-order valence-corrected chi connectivity index (χ3v) is 2.94. The highest BCUT2D eigenvalue weighted by Gasteiger charge is 2.11. The van der Waals surface area contributed by atoms with Crippen LogP contribution in [-0.4, -0.2) is 25.6 Å². The van der Waals surface area contributed by atoms with Gasteiger partial charge in [-0.3, -0.25) is 4.79 Å². The minimum Gasteiger partial charge on any atom is -0.497 e. The number of anilines is 1. The Labute approximate surface area is 133 Å². The Kier molecular flexibility index (Phi) is 5.31. The monoisotopic (exact) mass is 310 g/mol. The molecule has 0 unspecified atom stereocenters. The van der Waals surface area contributed by atoms with Gasteiger partial charge in [-0.2, -0.15) is 5.26 Å². The number of rotatable bonds is 5. The molecule has 0 aliphatic heterocycles. The van der Waals surface area contributed by atoms with Crippen molar-refractivity contribution in [2.45, 2.75) is 0 Å². The highest BCUT2D eigenvalue weighted by atomic mass is 16.5. The molecule has 1 amide bonds. The van der Waals surface area contributed by atoms with Gasteiger partial charge in [0.2, 0.25) is 0 Å². The summed E-state index contributed by atoms with van der Waals surface area (Å²) in [5.41, 5.74) is 1.31. The molecule has 0 aliphatic carbocycles. The van der Waals surface area contributed by atoms with Crippen LogP contribution in [0.1, 0.15) is 15.9 Å². The van der Waals surface area contributed by atoms with E-state index >= 15 is 0 Å². The normalized spacial score (nSPS) is 9.57. The average molecular weight is 310 g/mol. The van der Waals surface area contributed by atoms with Gasteiger partial charge in [-0.1, -0.05) is 6.07 Å². The molecule has 0 fully saturated rings. The molecule has 6 nitrogen and oxygen atoms in total. The molecule has 1 N–H and O–H groups in total. The van der Waals surface area contributed by atoms with Crippen molar-refractivity contribution < 1.29 is 19.1 Å². The summed E-state index contributed by atoms with van der Waals surface area (Å²) in [7, 11) is 1.50. The molecule has 0 aliphatic rings. The molecule has 0 bridgehead atoms. The van der Waals surface area contributed by atoms with Crippen molar-refractivity contribution in [3.8, 4) is 11.8 Å². The predicted octanol–water partition coefficient (Wildman–Crippen LogP) is 2.36. The molecular formula is C17H14N2O4. The summed E-state index contributed by atoms with van der Waals surface area (Å²) in [5, 5.41) is 11.3. The van der Waals surface area contributed by atoms with Crippen LogP contribution in [0.15, 0.2) is 48.5 Å². The Hall–Kier alpha value is -3.33. The summed E-state index contributed by atoms with van der Waals surface area (Å²) in [5.74, 6) is -0.550. The molecule has 0 radical (unpaired) electrons. The van der Waals surface area contributed by atoms with E-state index in [2.05, 4.69) is 5.32 Å². The number of esters is 1. The second kappa shape index (κ2) is 7.61. The number of amides is 1. The maximum absolute atomic E-state index is 11.9. The lowest BCUT2D eigenvalue weighted by Gasteiger charge is -2.07. The van der Waals surface area contributed by atoms with E-state index in [-0.39, 0.29) is 0 Å². The fourth-order valence-corrected chi connectivity index (χ4v) is 1.79. The minimum atomic E-state index is -0.612. The molecular weight excluding hydrogens is 296 g/mol. The van der Waals surface area contributed by atoms with E-state index in [9.17, 15) is 9.59 Å². The summed E-state index contributed by atoms with van der Waals surface area (Å²) in [4.78, 5) is 23.6. The van der Waals surface area contributed by atoms with Gasteiger partial charge < -0.3 is 14.8 Å². The average Bonchev–Trinajstić information content (AvgIpc) is 2.60. The van der Waals surface area contributed by atoms with E-state index in [1.807, 2.05) is 6.07 Å². The Morgan fingerprint density at radius 3 is 2.57 bits per heavy atom. The molecule has 0 saturated carbocycles. The number of hydrogen-bond acceptors (Lipinski definition) is 5. The van der Waals surface area contributed by atoms with Gasteiger partial charge in [-0.05, 0) is 42.5 Å². The summed E-state index contributed by atoms with van der Waals surface area (Å²) in [6.07, 6.45) is 0. The standard InChI is InChI=1S/C17H14N2O4/c1-22-15-4-2-3-13(9-15)17(21)23-11-16(20)19-14-7-5-12(10-18)6-8-14/h2-9H,11H2,1H3,(H,19,20). The Morgan fingerprint density at radius 2 is 1.91 bits per heavy atom. The first-order chi connectivity index (χ1) is 11.1. The van der Waals surface area contributed by atoms with Gasteiger partial charge in [0, 0.05) is 5.69 Å². The van der Waals surface area contributed by atoms with Crippen molar-refractivity contribution in [1.82, 2.24) is 0 Å². The molecule has 2 rings (SSSR count). The number of hydrogen-bond donors (Lipinski definition) is 1. The molecule has 23 heavy (non-hydrogen) atoms. The first kappa shape index (κ1) is 16.0. The van der Waals surface area contributed by atoms with Crippen LogP contribution in [0.25, 0.3) is 0 Å². The number of carbonyl (C=O) groups is 2. The number of nitrogens with one attached hydrogen (secondary N) is 1. The molecule has 0 saturated heterocycles. The van der Waals surface area contributed by atoms with Crippen molar-refractivity contribution in [1.29, 1.82) is 5.26 Å². The second-order valence-corrected chi connectivity index (χ2v) is 4.55. The number of carbonyl (C=O) groups excluding carboxylic acids is 2. The number of ether oxygens (including phenoxy) is 2. The summed E-state index contributed by atoms with van der Waals surface area (Å²) >= 11 is 0. The zero-order valence-corrected chi connectivity index (χ0v) is 12.4. The van der Waals surface area contributed by atoms with Crippen molar-refractivity contribution in [2.75, 3.05) is 19.0 Å². The fraction of sp³-hybridized carbons (Fsp3) is 0.118. The summed E-state index contributed by atoms with van der Waals surface area (Å²) < 4.78 is 9.97. The third kappa shape index (κ3) is 4.58. The van der Waals surface area contributed by atoms with E-state index < -0.39 is 18.5 Å². The third-order valence-electron chi connectivity index (χ3n) is 2.94. The molecule has 116 valence electrons. The smallest absolute Gasteiger partial charge is 0.338 e. The maximum atomic E-state index is 11.9. The van der Waals surface area contributed by atoms with Crippen molar-refractivity contribution >= 4 is 17.6 Å². The van der Waals surface area contributed by atoms with Gasteiger partial charge >= 0.3 is 5.97 Å². The first-order valence-corrected chi connectivity index (χ1v) is 6.73. The van der Waals surface area contributed by atoms with Crippen LogP contribution >= 0.6 is 0 Å². The Balaban J connectivity index is 1.88. The van der Waals surface area contributed by atoms with Crippen LogP contribution in [0.2, 0.25) is 0 Å². The van der Waals surface area contributed by atoms with Crippen LogP contribution in [0, 0.1) is 11.3 Å². The number of methoxy groups -OCH3 is 1. The van der Waals surface area contributed by atoms with Crippen LogP contribution in [-0.2, 0) is 9.53 Å². The largest absolute Gasteiger partial charge is 0.497 e. The molecule has 0 spiro atoms. The lowest BCUT2D eigenvalue weighted by Crippen LogP contribution is -2.20. The SMILES string of the molecule is COc1cccc(C(=O)OCC(=O)Nc2ccc(C#N)cc2)c1. The summed E-state index contributed by atoms with van der Waals surface area (Å²) in [6, 6.07) is 14.8. The highest BCUT2D eigenvalue weighted by molar-refractivity contribution is 5.95. The predicted molar refractivity (Wildman–Crippen MR) is 83.1 cm³/mol. The first-order valence-electron chi connectivity index (χ1n) is 6.73. The van der Waals surface area contributed by atoms with E-state index in [0.29, 0.717) is 22.6 Å². The van der Waals surface area contributed by atoms with Gasteiger partial charge in [-0.15, -0.1) is 0 Å². The van der Waals surface area contributed by atoms with E-state index in [0.717, 1.165) is 0 Å². The fourth-order valence-electron chi connectivity index (χ4n) is 1.79. The molecule has 0 atom stereocenters. The van der Waals surface area contributed by atoms with Crippen molar-refractivity contribution in [2.24, 2.45) is 0 Å². The zero-order valence-electron chi connectivity index (χ0n) is 12.4. The Bertz CT molecular complexity index is 748. The lowest BCUT2D eigenvalue weighted by molar-refractivity contribution is -0.119. The van der Waals surface area contributed by atoms with Gasteiger partial charge in [0.15, 0.2) is 6.61 Å². The molecule has 0 heterocycles. The minimum absolute atomic E-state index is 0.301. The van der Waals surface area contributed by atoms with Gasteiger partial charge in [-0.25, -0.2) is 4.79 Å². The molecule has 2 aromatic rings. The maximum Gasteiger partial charge on any atom is 0.338 e. The molecule has 0 aromatic heterocycles. The van der Waals surface area contributed by atoms with Crippen LogP contribution in [0.3, 0.4) is 0 Å². The van der Waals surface area contributed by atoms with Crippen LogP contribution < -0.4 is 10.1 Å². The van der Waals surface area contributed by atoms with Gasteiger partial charge in [0.1, 0.15) is 5.75 Å². The van der Waals surface area contributed by atoms with Crippen molar-refractivity contribution in [3.63, 3.8) is 0 Å². The number of benzene rings is 2. The van der Waals surface area contributed by atoms with Crippen molar-refractivity contribution in [3.05, 3.63) is 59.7 Å². The highest BCUT2D eigenvalue weighted by Crippen LogP contribution is 2.13. The topological polar surface area (TPSA) is 88.4 Å². The zero-order chi connectivity index (χ0) is 16.7. The Morgan fingerprint density at radius 1 is 1.17 bits per heavy atom. The lowest BCUT2D eigenvalue weighted by atomic mass is 10.2. The number of nitrogens with zero attached hydrogens (tertiary/aromatic N) is 1. The van der Waals surface area contributed by atoms with Crippen LogP contribution in [0.5, 0.6) is 5.75 Å². The molecule has 2 aromatic carbocycles. The van der Waals surface area contributed by atoms with Crippen LogP contribution in [0.4, 0.5) is 5.69 Å². The van der Waals surface area contributed by atoms with E-state index in [1.165, 1.54) is 13.2 Å². The summed E-state index contributed by atoms with van der Waals surface area (Å²) in [6.45, 7) is -0.407.